The van der Waals surface area contributed by atoms with E-state index in [-0.39, 0.29) is 0 Å². The van der Waals surface area contributed by atoms with Crippen LogP contribution in [0.15, 0.2) is 28.7 Å². The lowest BCUT2D eigenvalue weighted by Gasteiger charge is -2.02. The second-order valence-corrected chi connectivity index (χ2v) is 4.42. The molecule has 0 unspecified atom stereocenters. The van der Waals surface area contributed by atoms with Gasteiger partial charge in [0, 0.05) is 10.9 Å². The Labute approximate surface area is 105 Å². The van der Waals surface area contributed by atoms with Crippen LogP contribution in [0.1, 0.15) is 17.1 Å². The summed E-state index contributed by atoms with van der Waals surface area (Å²) in [5.41, 5.74) is 3.61. The van der Waals surface area contributed by atoms with Crippen LogP contribution in [-0.4, -0.2) is 15.2 Å². The molecule has 0 aliphatic carbocycles. The lowest BCUT2D eigenvalue weighted by Crippen LogP contribution is -1.98. The van der Waals surface area contributed by atoms with Crippen LogP contribution in [0.2, 0.25) is 0 Å². The molecule has 0 saturated carbocycles. The fourth-order valence-electron chi connectivity index (χ4n) is 1.89. The van der Waals surface area contributed by atoms with Gasteiger partial charge in [0.1, 0.15) is 11.3 Å². The van der Waals surface area contributed by atoms with E-state index in [2.05, 4.69) is 15.2 Å². The Hall–Kier alpha value is -2.23. The Morgan fingerprint density at radius 1 is 0.944 bits per heavy atom. The molecule has 90 valence electrons. The highest BCUT2D eigenvalue weighted by atomic mass is 16.3. The van der Waals surface area contributed by atoms with Crippen molar-refractivity contribution in [1.29, 1.82) is 0 Å². The van der Waals surface area contributed by atoms with E-state index in [1.807, 2.05) is 45.0 Å². The first-order valence-electron chi connectivity index (χ1n) is 5.82. The van der Waals surface area contributed by atoms with E-state index in [1.54, 1.807) is 0 Å². The molecule has 0 radical (unpaired) electrons. The lowest BCUT2D eigenvalue weighted by molar-refractivity contribution is 0.578. The van der Waals surface area contributed by atoms with Crippen LogP contribution >= 0.6 is 0 Å². The first-order valence-corrected chi connectivity index (χ1v) is 5.82. The van der Waals surface area contributed by atoms with Crippen LogP contribution in [0.4, 0.5) is 0 Å². The summed E-state index contributed by atoms with van der Waals surface area (Å²) < 4.78 is 5.55. The topological polar surface area (TPSA) is 51.8 Å². The van der Waals surface area contributed by atoms with Crippen molar-refractivity contribution in [2.24, 2.45) is 0 Å². The number of fused-ring (bicyclic) bond motifs is 1. The number of nitrogens with zero attached hydrogens (tertiary/aromatic N) is 3. The third kappa shape index (κ3) is 1.76. The summed E-state index contributed by atoms with van der Waals surface area (Å²) in [5.74, 6) is 1.56. The largest absolute Gasteiger partial charge is 0.461 e. The van der Waals surface area contributed by atoms with Crippen molar-refractivity contribution in [3.8, 4) is 11.4 Å². The molecule has 0 N–H and O–H groups in total. The van der Waals surface area contributed by atoms with Gasteiger partial charge in [0.15, 0.2) is 5.82 Å². The van der Waals surface area contributed by atoms with Crippen molar-refractivity contribution in [3.63, 3.8) is 0 Å². The molecule has 2 aromatic heterocycles. The Morgan fingerprint density at radius 3 is 2.56 bits per heavy atom. The number of aromatic nitrogens is 3. The quantitative estimate of drug-likeness (QED) is 0.654. The number of furan rings is 1. The standard InChI is InChI=1S/C14H13N3O/c1-8-6-12-7-11(4-5-13(12)18-8)14-15-9(2)10(3)16-17-14/h4-7H,1-3H3. The third-order valence-electron chi connectivity index (χ3n) is 2.99. The van der Waals surface area contributed by atoms with Gasteiger partial charge in [-0.3, -0.25) is 0 Å². The smallest absolute Gasteiger partial charge is 0.182 e. The zero-order valence-electron chi connectivity index (χ0n) is 10.6. The summed E-state index contributed by atoms with van der Waals surface area (Å²) in [7, 11) is 0. The molecule has 0 spiro atoms. The predicted octanol–water partition coefficient (Wildman–Crippen LogP) is 3.21. The second-order valence-electron chi connectivity index (χ2n) is 4.42. The molecule has 18 heavy (non-hydrogen) atoms. The molecule has 0 amide bonds. The average Bonchev–Trinajstić information content (AvgIpc) is 2.71. The summed E-state index contributed by atoms with van der Waals surface area (Å²) in [6.07, 6.45) is 0. The zero-order valence-corrected chi connectivity index (χ0v) is 10.6. The molecule has 0 bridgehead atoms. The van der Waals surface area contributed by atoms with Gasteiger partial charge in [-0.25, -0.2) is 4.98 Å². The normalized spacial score (nSPS) is 11.1. The Kier molecular flexibility index (Phi) is 2.37. The minimum Gasteiger partial charge on any atom is -0.461 e. The maximum atomic E-state index is 5.55. The van der Waals surface area contributed by atoms with E-state index in [9.17, 15) is 0 Å². The number of rotatable bonds is 1. The number of benzene rings is 1. The number of hydrogen-bond acceptors (Lipinski definition) is 4. The molecule has 0 fully saturated rings. The predicted molar refractivity (Wildman–Crippen MR) is 69.2 cm³/mol. The Bertz CT molecular complexity index is 731. The molecule has 0 aliphatic rings. The molecule has 4 heteroatoms. The van der Waals surface area contributed by atoms with Gasteiger partial charge in [-0.15, -0.1) is 5.10 Å². The van der Waals surface area contributed by atoms with E-state index in [0.717, 1.165) is 33.7 Å². The fraction of sp³-hybridized carbons (Fsp3) is 0.214. The summed E-state index contributed by atoms with van der Waals surface area (Å²) in [6.45, 7) is 5.78. The van der Waals surface area contributed by atoms with Crippen LogP contribution in [0.5, 0.6) is 0 Å². The van der Waals surface area contributed by atoms with E-state index in [1.165, 1.54) is 0 Å². The molecule has 0 atom stereocenters. The SMILES string of the molecule is Cc1cc2cc(-c3nnc(C)c(C)n3)ccc2o1. The summed E-state index contributed by atoms with van der Waals surface area (Å²) >= 11 is 0. The van der Waals surface area contributed by atoms with E-state index < -0.39 is 0 Å². The van der Waals surface area contributed by atoms with Gasteiger partial charge in [-0.2, -0.15) is 5.10 Å². The molecule has 2 heterocycles. The van der Waals surface area contributed by atoms with E-state index in [0.29, 0.717) is 5.82 Å². The van der Waals surface area contributed by atoms with Crippen molar-refractivity contribution < 1.29 is 4.42 Å². The summed E-state index contributed by atoms with van der Waals surface area (Å²) in [5, 5.41) is 9.30. The van der Waals surface area contributed by atoms with Gasteiger partial charge >= 0.3 is 0 Å². The molecular formula is C14H13N3O. The van der Waals surface area contributed by atoms with E-state index >= 15 is 0 Å². The van der Waals surface area contributed by atoms with Crippen LogP contribution < -0.4 is 0 Å². The monoisotopic (exact) mass is 239 g/mol. The van der Waals surface area contributed by atoms with Crippen LogP contribution in [-0.2, 0) is 0 Å². The molecule has 0 aliphatic heterocycles. The van der Waals surface area contributed by atoms with Crippen LogP contribution in [0.3, 0.4) is 0 Å². The number of hydrogen-bond donors (Lipinski definition) is 0. The highest BCUT2D eigenvalue weighted by Crippen LogP contribution is 2.24. The fourth-order valence-corrected chi connectivity index (χ4v) is 1.89. The maximum Gasteiger partial charge on any atom is 0.182 e. The summed E-state index contributed by atoms with van der Waals surface area (Å²) in [6, 6.07) is 7.93. The Balaban J connectivity index is 2.15. The molecule has 0 saturated heterocycles. The van der Waals surface area contributed by atoms with Crippen molar-refractivity contribution in [2.75, 3.05) is 0 Å². The van der Waals surface area contributed by atoms with Crippen molar-refractivity contribution in [3.05, 3.63) is 41.4 Å². The molecule has 3 rings (SSSR count). The second kappa shape index (κ2) is 3.91. The van der Waals surface area contributed by atoms with Gasteiger partial charge in [-0.1, -0.05) is 0 Å². The van der Waals surface area contributed by atoms with Crippen LogP contribution in [0.25, 0.3) is 22.4 Å². The van der Waals surface area contributed by atoms with Gasteiger partial charge in [0.05, 0.1) is 11.4 Å². The van der Waals surface area contributed by atoms with Gasteiger partial charge in [0.2, 0.25) is 0 Å². The van der Waals surface area contributed by atoms with Crippen molar-refractivity contribution in [2.45, 2.75) is 20.8 Å². The molecular weight excluding hydrogens is 226 g/mol. The van der Waals surface area contributed by atoms with Crippen LogP contribution in [0, 0.1) is 20.8 Å². The third-order valence-corrected chi connectivity index (χ3v) is 2.99. The molecule has 4 nitrogen and oxygen atoms in total. The molecule has 1 aromatic carbocycles. The van der Waals surface area contributed by atoms with Crippen molar-refractivity contribution in [1.82, 2.24) is 15.2 Å². The van der Waals surface area contributed by atoms with Gasteiger partial charge in [-0.05, 0) is 45.0 Å². The molecule has 3 aromatic rings. The highest BCUT2D eigenvalue weighted by Gasteiger charge is 2.07. The lowest BCUT2D eigenvalue weighted by atomic mass is 10.1. The number of aryl methyl sites for hydroxylation is 3. The van der Waals surface area contributed by atoms with Gasteiger partial charge in [0.25, 0.3) is 0 Å². The highest BCUT2D eigenvalue weighted by molar-refractivity contribution is 5.82. The minimum absolute atomic E-state index is 0.652. The first kappa shape index (κ1) is 10.9. The van der Waals surface area contributed by atoms with E-state index in [4.69, 9.17) is 4.42 Å². The average molecular weight is 239 g/mol. The maximum absolute atomic E-state index is 5.55. The minimum atomic E-state index is 0.652. The Morgan fingerprint density at radius 2 is 1.78 bits per heavy atom. The van der Waals surface area contributed by atoms with Gasteiger partial charge < -0.3 is 4.42 Å². The zero-order chi connectivity index (χ0) is 12.7. The first-order chi connectivity index (χ1) is 8.63. The summed E-state index contributed by atoms with van der Waals surface area (Å²) in [4.78, 5) is 4.45. The van der Waals surface area contributed by atoms with Crippen molar-refractivity contribution >= 4 is 11.0 Å².